The van der Waals surface area contributed by atoms with Crippen LogP contribution in [0, 0.1) is 0 Å². The van der Waals surface area contributed by atoms with E-state index in [0.717, 1.165) is 16.5 Å². The van der Waals surface area contributed by atoms with Gasteiger partial charge in [-0.1, -0.05) is 18.2 Å². The first-order valence-electron chi connectivity index (χ1n) is 6.33. The molecule has 0 aliphatic heterocycles. The van der Waals surface area contributed by atoms with Crippen LogP contribution in [0.4, 0.5) is 0 Å². The molecule has 0 bridgehead atoms. The van der Waals surface area contributed by atoms with Crippen LogP contribution in [0.5, 0.6) is 0 Å². The number of aliphatic hydroxyl groups excluding tert-OH is 1. The normalized spacial score (nSPS) is 14.3. The van der Waals surface area contributed by atoms with Gasteiger partial charge in [0, 0.05) is 23.1 Å². The van der Waals surface area contributed by atoms with E-state index >= 15 is 0 Å². The number of aromatic amines is 1. The zero-order valence-electron chi connectivity index (χ0n) is 10.9. The van der Waals surface area contributed by atoms with Gasteiger partial charge in [0.05, 0.1) is 12.6 Å². The second-order valence-corrected chi connectivity index (χ2v) is 4.76. The first kappa shape index (κ1) is 13.6. The van der Waals surface area contributed by atoms with Gasteiger partial charge in [0.2, 0.25) is 5.91 Å². The van der Waals surface area contributed by atoms with Gasteiger partial charge in [-0.05, 0) is 25.0 Å². The average Bonchev–Trinajstić information content (AvgIpc) is 2.82. The zero-order chi connectivity index (χ0) is 13.8. The van der Waals surface area contributed by atoms with E-state index in [0.29, 0.717) is 6.42 Å². The maximum absolute atomic E-state index is 11.8. The summed E-state index contributed by atoms with van der Waals surface area (Å²) in [5.41, 5.74) is 7.95. The summed E-state index contributed by atoms with van der Waals surface area (Å²) in [6.07, 6.45) is 2.35. The van der Waals surface area contributed by atoms with Gasteiger partial charge >= 0.3 is 0 Å². The Morgan fingerprint density at radius 3 is 2.95 bits per heavy atom. The number of rotatable bonds is 5. The van der Waals surface area contributed by atoms with Gasteiger partial charge in [-0.2, -0.15) is 0 Å². The Balaban J connectivity index is 2.06. The van der Waals surface area contributed by atoms with Gasteiger partial charge < -0.3 is 21.1 Å². The van der Waals surface area contributed by atoms with Crippen molar-refractivity contribution in [3.05, 3.63) is 36.0 Å². The second kappa shape index (κ2) is 5.86. The van der Waals surface area contributed by atoms with Crippen LogP contribution in [0.1, 0.15) is 12.5 Å². The van der Waals surface area contributed by atoms with Crippen molar-refractivity contribution in [1.29, 1.82) is 0 Å². The molecule has 0 spiro atoms. The van der Waals surface area contributed by atoms with E-state index in [4.69, 9.17) is 10.8 Å². The van der Waals surface area contributed by atoms with Gasteiger partial charge in [-0.3, -0.25) is 4.79 Å². The van der Waals surface area contributed by atoms with Gasteiger partial charge in [0.25, 0.3) is 0 Å². The molecule has 5 heteroatoms. The number of benzene rings is 1. The van der Waals surface area contributed by atoms with E-state index in [-0.39, 0.29) is 18.6 Å². The van der Waals surface area contributed by atoms with E-state index in [9.17, 15) is 4.79 Å². The van der Waals surface area contributed by atoms with E-state index < -0.39 is 6.04 Å². The monoisotopic (exact) mass is 261 g/mol. The lowest BCUT2D eigenvalue weighted by Gasteiger charge is -2.15. The summed E-state index contributed by atoms with van der Waals surface area (Å²) in [5.74, 6) is -0.244. The quantitative estimate of drug-likeness (QED) is 0.633. The lowest BCUT2D eigenvalue weighted by Crippen LogP contribution is -2.46. The van der Waals surface area contributed by atoms with Crippen molar-refractivity contribution in [2.24, 2.45) is 5.73 Å². The van der Waals surface area contributed by atoms with Crippen molar-refractivity contribution in [2.45, 2.75) is 25.4 Å². The van der Waals surface area contributed by atoms with Gasteiger partial charge in [0.15, 0.2) is 0 Å². The molecule has 102 valence electrons. The van der Waals surface area contributed by atoms with Crippen molar-refractivity contribution >= 4 is 16.8 Å². The Hall–Kier alpha value is -1.85. The molecule has 1 heterocycles. The fraction of sp³-hybridized carbons (Fsp3) is 0.357. The Morgan fingerprint density at radius 2 is 2.21 bits per heavy atom. The Bertz CT molecular complexity index is 565. The van der Waals surface area contributed by atoms with Crippen LogP contribution in [0.3, 0.4) is 0 Å². The molecule has 5 N–H and O–H groups in total. The minimum absolute atomic E-state index is 0.0917. The number of hydrogen-bond acceptors (Lipinski definition) is 3. The number of amides is 1. The van der Waals surface area contributed by atoms with Crippen LogP contribution in [-0.2, 0) is 11.2 Å². The summed E-state index contributed by atoms with van der Waals surface area (Å²) < 4.78 is 0. The Labute approximate surface area is 111 Å². The third-order valence-corrected chi connectivity index (χ3v) is 3.11. The number of H-pyrrole nitrogens is 1. The summed E-state index contributed by atoms with van der Waals surface area (Å²) in [7, 11) is 0. The van der Waals surface area contributed by atoms with Crippen molar-refractivity contribution in [3.63, 3.8) is 0 Å². The minimum atomic E-state index is -0.617. The highest BCUT2D eigenvalue weighted by atomic mass is 16.3. The Kier molecular flexibility index (Phi) is 4.19. The number of fused-ring (bicyclic) bond motifs is 1. The molecule has 0 fully saturated rings. The van der Waals surface area contributed by atoms with Crippen molar-refractivity contribution in [3.8, 4) is 0 Å². The molecule has 2 aromatic rings. The number of para-hydroxylation sites is 1. The summed E-state index contributed by atoms with van der Waals surface area (Å²) in [5, 5.41) is 12.7. The fourth-order valence-corrected chi connectivity index (χ4v) is 2.03. The third-order valence-electron chi connectivity index (χ3n) is 3.11. The van der Waals surface area contributed by atoms with Gasteiger partial charge in [-0.25, -0.2) is 0 Å². The number of nitrogens with two attached hydrogens (primary N) is 1. The largest absolute Gasteiger partial charge is 0.394 e. The lowest BCUT2D eigenvalue weighted by molar-refractivity contribution is -0.123. The molecule has 19 heavy (non-hydrogen) atoms. The lowest BCUT2D eigenvalue weighted by atomic mass is 10.0. The number of carbonyl (C=O) groups is 1. The number of aromatic nitrogens is 1. The predicted octanol–water partition coefficient (Wildman–Crippen LogP) is 0.535. The molecular formula is C14H19N3O2. The molecule has 2 atom stereocenters. The summed E-state index contributed by atoms with van der Waals surface area (Å²) in [6.45, 7) is 1.64. The molecule has 0 aliphatic carbocycles. The molecule has 0 aliphatic rings. The SMILES string of the molecule is CC(CO)NC(=O)[C@@H](N)Cc1c[nH]c2ccccc12. The minimum Gasteiger partial charge on any atom is -0.394 e. The van der Waals surface area contributed by atoms with Crippen LogP contribution >= 0.6 is 0 Å². The first-order chi connectivity index (χ1) is 9.11. The second-order valence-electron chi connectivity index (χ2n) is 4.76. The smallest absolute Gasteiger partial charge is 0.237 e. The summed E-state index contributed by atoms with van der Waals surface area (Å²) >= 11 is 0. The van der Waals surface area contributed by atoms with Crippen molar-refractivity contribution in [2.75, 3.05) is 6.61 Å². The highest BCUT2D eigenvalue weighted by Gasteiger charge is 2.17. The van der Waals surface area contributed by atoms with Crippen molar-refractivity contribution in [1.82, 2.24) is 10.3 Å². The first-order valence-corrected chi connectivity index (χ1v) is 6.33. The van der Waals surface area contributed by atoms with E-state index in [2.05, 4.69) is 10.3 Å². The maximum atomic E-state index is 11.8. The molecule has 0 saturated carbocycles. The van der Waals surface area contributed by atoms with E-state index in [1.807, 2.05) is 30.5 Å². The zero-order valence-corrected chi connectivity index (χ0v) is 10.9. The average molecular weight is 261 g/mol. The summed E-state index contributed by atoms with van der Waals surface area (Å²) in [4.78, 5) is 15.0. The van der Waals surface area contributed by atoms with Crippen molar-refractivity contribution < 1.29 is 9.90 Å². The molecule has 1 amide bonds. The molecule has 0 saturated heterocycles. The molecule has 1 unspecified atom stereocenters. The number of aliphatic hydroxyl groups is 1. The fourth-order valence-electron chi connectivity index (χ4n) is 2.03. The predicted molar refractivity (Wildman–Crippen MR) is 74.7 cm³/mol. The van der Waals surface area contributed by atoms with Crippen LogP contribution in [-0.4, -0.2) is 34.7 Å². The summed E-state index contributed by atoms with van der Waals surface area (Å²) in [6, 6.07) is 7.01. The van der Waals surface area contributed by atoms with Crippen LogP contribution < -0.4 is 11.1 Å². The van der Waals surface area contributed by atoms with Crippen LogP contribution in [0.2, 0.25) is 0 Å². The van der Waals surface area contributed by atoms with E-state index in [1.165, 1.54) is 0 Å². The molecule has 1 aromatic heterocycles. The number of hydrogen-bond donors (Lipinski definition) is 4. The topological polar surface area (TPSA) is 91.1 Å². The molecule has 5 nitrogen and oxygen atoms in total. The highest BCUT2D eigenvalue weighted by molar-refractivity contribution is 5.86. The van der Waals surface area contributed by atoms with Crippen LogP contribution in [0.15, 0.2) is 30.5 Å². The molecule has 2 rings (SSSR count). The van der Waals surface area contributed by atoms with Gasteiger partial charge in [0.1, 0.15) is 0 Å². The van der Waals surface area contributed by atoms with E-state index in [1.54, 1.807) is 6.92 Å². The highest BCUT2D eigenvalue weighted by Crippen LogP contribution is 2.18. The number of carbonyl (C=O) groups excluding carboxylic acids is 1. The Morgan fingerprint density at radius 1 is 1.47 bits per heavy atom. The third kappa shape index (κ3) is 3.13. The number of nitrogens with one attached hydrogen (secondary N) is 2. The molecule has 1 aromatic carbocycles. The molecular weight excluding hydrogens is 242 g/mol. The van der Waals surface area contributed by atoms with Crippen LogP contribution in [0.25, 0.3) is 10.9 Å². The standard InChI is InChI=1S/C14H19N3O2/c1-9(8-18)17-14(19)12(15)6-10-7-16-13-5-3-2-4-11(10)13/h2-5,7,9,12,16,18H,6,8,15H2,1H3,(H,17,19)/t9?,12-/m0/s1. The molecule has 0 radical (unpaired) electrons. The maximum Gasteiger partial charge on any atom is 0.237 e. The van der Waals surface area contributed by atoms with Gasteiger partial charge in [-0.15, -0.1) is 0 Å².